The number of nitrogens with zero attached hydrogens (tertiary/aromatic N) is 3. The zero-order chi connectivity index (χ0) is 21.5. The number of guanidine groups is 1. The third-order valence-corrected chi connectivity index (χ3v) is 6.24. The molecule has 1 unspecified atom stereocenters. The number of carbonyl (C=O) groups is 1. The molecule has 2 saturated heterocycles. The highest BCUT2D eigenvalue weighted by Crippen LogP contribution is 2.25. The zero-order valence-electron chi connectivity index (χ0n) is 18.8. The number of likely N-dealkylation sites (tertiary alicyclic amines) is 2. The van der Waals surface area contributed by atoms with E-state index >= 15 is 0 Å². The maximum atomic E-state index is 12.0. The number of hydrogen-bond acceptors (Lipinski definition) is 4. The van der Waals surface area contributed by atoms with Gasteiger partial charge in [0.05, 0.1) is 12.3 Å². The predicted molar refractivity (Wildman–Crippen MR) is 137 cm³/mol. The lowest BCUT2D eigenvalue weighted by molar-refractivity contribution is -0.128. The molecule has 174 valence electrons. The summed E-state index contributed by atoms with van der Waals surface area (Å²) in [6.45, 7) is 5.13. The third kappa shape index (κ3) is 6.25. The second-order valence-corrected chi connectivity index (χ2v) is 8.27. The van der Waals surface area contributed by atoms with Gasteiger partial charge in [0, 0.05) is 39.6 Å². The molecule has 0 radical (unpaired) electrons. The van der Waals surface area contributed by atoms with Gasteiger partial charge in [0.1, 0.15) is 5.76 Å². The molecule has 1 aromatic carbocycles. The SMILES string of the molecule is CN=C(NCc1ccccc1CN1CCCC1=O)NCC(c1ccco1)N1CCCC1.I. The molecule has 2 aromatic rings. The fraction of sp³-hybridized carbons (Fsp3) is 0.500. The number of furan rings is 1. The summed E-state index contributed by atoms with van der Waals surface area (Å²) in [5.41, 5.74) is 2.37. The summed E-state index contributed by atoms with van der Waals surface area (Å²) in [4.78, 5) is 20.9. The van der Waals surface area contributed by atoms with Crippen molar-refractivity contribution in [3.8, 4) is 0 Å². The average molecular weight is 551 g/mol. The van der Waals surface area contributed by atoms with Crippen molar-refractivity contribution in [3.63, 3.8) is 0 Å². The number of halogens is 1. The van der Waals surface area contributed by atoms with Gasteiger partial charge in [-0.25, -0.2) is 0 Å². The van der Waals surface area contributed by atoms with Crippen LogP contribution in [0.15, 0.2) is 52.1 Å². The van der Waals surface area contributed by atoms with E-state index in [0.717, 1.165) is 44.3 Å². The van der Waals surface area contributed by atoms with Gasteiger partial charge < -0.3 is 20.0 Å². The molecule has 0 aliphatic carbocycles. The third-order valence-electron chi connectivity index (χ3n) is 6.24. The largest absolute Gasteiger partial charge is 0.468 e. The van der Waals surface area contributed by atoms with E-state index in [0.29, 0.717) is 19.5 Å². The molecule has 2 aliphatic heterocycles. The Morgan fingerprint density at radius 2 is 1.84 bits per heavy atom. The van der Waals surface area contributed by atoms with Gasteiger partial charge in [-0.2, -0.15) is 0 Å². The Kier molecular flexibility index (Phi) is 9.40. The van der Waals surface area contributed by atoms with Crippen molar-refractivity contribution in [2.75, 3.05) is 33.2 Å². The van der Waals surface area contributed by atoms with Gasteiger partial charge in [-0.15, -0.1) is 24.0 Å². The highest BCUT2D eigenvalue weighted by molar-refractivity contribution is 14.0. The normalized spacial score (nSPS) is 18.0. The van der Waals surface area contributed by atoms with E-state index < -0.39 is 0 Å². The summed E-state index contributed by atoms with van der Waals surface area (Å²) in [6.07, 6.45) is 5.85. The highest BCUT2D eigenvalue weighted by atomic mass is 127. The van der Waals surface area contributed by atoms with Crippen LogP contribution in [-0.4, -0.2) is 54.9 Å². The average Bonchev–Trinajstić information content (AvgIpc) is 3.56. The molecule has 7 nitrogen and oxygen atoms in total. The lowest BCUT2D eigenvalue weighted by Crippen LogP contribution is -2.42. The summed E-state index contributed by atoms with van der Waals surface area (Å²) in [7, 11) is 1.79. The molecule has 8 heteroatoms. The maximum absolute atomic E-state index is 12.0. The van der Waals surface area contributed by atoms with Crippen molar-refractivity contribution in [2.24, 2.45) is 4.99 Å². The van der Waals surface area contributed by atoms with Crippen LogP contribution in [0, 0.1) is 0 Å². The first-order valence-corrected chi connectivity index (χ1v) is 11.3. The summed E-state index contributed by atoms with van der Waals surface area (Å²) in [6, 6.07) is 12.5. The van der Waals surface area contributed by atoms with Crippen LogP contribution in [0.2, 0.25) is 0 Å². The minimum Gasteiger partial charge on any atom is -0.468 e. The van der Waals surface area contributed by atoms with Crippen molar-refractivity contribution in [3.05, 3.63) is 59.5 Å². The van der Waals surface area contributed by atoms with Gasteiger partial charge in [0.25, 0.3) is 0 Å². The van der Waals surface area contributed by atoms with Crippen LogP contribution in [-0.2, 0) is 17.9 Å². The lowest BCUT2D eigenvalue weighted by Gasteiger charge is -2.27. The number of benzene rings is 1. The molecule has 1 amide bonds. The number of rotatable bonds is 8. The molecular formula is C24H34IN5O2. The predicted octanol–water partition coefficient (Wildman–Crippen LogP) is 3.52. The smallest absolute Gasteiger partial charge is 0.222 e. The van der Waals surface area contributed by atoms with E-state index in [1.165, 1.54) is 24.0 Å². The summed E-state index contributed by atoms with van der Waals surface area (Å²) < 4.78 is 5.72. The van der Waals surface area contributed by atoms with Crippen LogP contribution < -0.4 is 10.6 Å². The number of aliphatic imine (C=N–C) groups is 1. The molecule has 0 saturated carbocycles. The Morgan fingerprint density at radius 3 is 2.50 bits per heavy atom. The summed E-state index contributed by atoms with van der Waals surface area (Å²) in [5, 5.41) is 6.92. The number of amides is 1. The van der Waals surface area contributed by atoms with Gasteiger partial charge in [-0.3, -0.25) is 14.7 Å². The molecule has 0 bridgehead atoms. The first-order valence-electron chi connectivity index (χ1n) is 11.3. The molecule has 0 spiro atoms. The van der Waals surface area contributed by atoms with Gasteiger partial charge >= 0.3 is 0 Å². The Balaban J connectivity index is 0.00000289. The Bertz CT molecular complexity index is 880. The van der Waals surface area contributed by atoms with Crippen LogP contribution in [0.1, 0.15) is 48.6 Å². The number of carbonyl (C=O) groups excluding carboxylic acids is 1. The van der Waals surface area contributed by atoms with Gasteiger partial charge in [0.2, 0.25) is 5.91 Å². The standard InChI is InChI=1S/C24H33N5O2.HI/c1-25-24(27-17-21(22-10-7-15-31-22)28-12-4-5-13-28)26-16-19-8-2-3-9-20(19)18-29-14-6-11-23(29)30;/h2-3,7-10,15,21H,4-6,11-14,16-18H2,1H3,(H2,25,26,27);1H. The molecule has 3 heterocycles. The van der Waals surface area contributed by atoms with E-state index in [1.54, 1.807) is 13.3 Å². The Labute approximate surface area is 207 Å². The van der Waals surface area contributed by atoms with E-state index in [1.807, 2.05) is 23.1 Å². The number of hydrogen-bond donors (Lipinski definition) is 2. The van der Waals surface area contributed by atoms with E-state index in [9.17, 15) is 4.79 Å². The number of nitrogens with one attached hydrogen (secondary N) is 2. The summed E-state index contributed by atoms with van der Waals surface area (Å²) in [5.74, 6) is 2.01. The van der Waals surface area contributed by atoms with Crippen molar-refractivity contribution in [1.82, 2.24) is 20.4 Å². The van der Waals surface area contributed by atoms with Crippen molar-refractivity contribution < 1.29 is 9.21 Å². The van der Waals surface area contributed by atoms with Crippen molar-refractivity contribution in [2.45, 2.75) is 44.8 Å². The molecule has 4 rings (SSSR count). The van der Waals surface area contributed by atoms with Crippen LogP contribution in [0.4, 0.5) is 0 Å². The second kappa shape index (κ2) is 12.2. The Morgan fingerprint density at radius 1 is 1.06 bits per heavy atom. The van der Waals surface area contributed by atoms with Crippen LogP contribution >= 0.6 is 24.0 Å². The Hall–Kier alpha value is -2.07. The molecule has 2 aliphatic rings. The second-order valence-electron chi connectivity index (χ2n) is 8.27. The van der Waals surface area contributed by atoms with Gasteiger partial charge in [0.15, 0.2) is 5.96 Å². The first kappa shape index (κ1) is 24.6. The van der Waals surface area contributed by atoms with E-state index in [4.69, 9.17) is 4.42 Å². The lowest BCUT2D eigenvalue weighted by atomic mass is 10.1. The molecule has 2 fully saturated rings. The highest BCUT2D eigenvalue weighted by Gasteiger charge is 2.26. The first-order chi connectivity index (χ1) is 15.2. The van der Waals surface area contributed by atoms with Crippen molar-refractivity contribution in [1.29, 1.82) is 0 Å². The van der Waals surface area contributed by atoms with Crippen LogP contribution in [0.3, 0.4) is 0 Å². The minimum atomic E-state index is 0. The molecule has 2 N–H and O–H groups in total. The quantitative estimate of drug-likeness (QED) is 0.299. The van der Waals surface area contributed by atoms with E-state index in [2.05, 4.69) is 38.7 Å². The van der Waals surface area contributed by atoms with E-state index in [-0.39, 0.29) is 35.9 Å². The zero-order valence-corrected chi connectivity index (χ0v) is 21.1. The monoisotopic (exact) mass is 551 g/mol. The van der Waals surface area contributed by atoms with Crippen molar-refractivity contribution >= 4 is 35.8 Å². The maximum Gasteiger partial charge on any atom is 0.222 e. The van der Waals surface area contributed by atoms with Gasteiger partial charge in [-0.1, -0.05) is 24.3 Å². The molecule has 32 heavy (non-hydrogen) atoms. The van der Waals surface area contributed by atoms with Crippen LogP contribution in [0.25, 0.3) is 0 Å². The molecular weight excluding hydrogens is 517 g/mol. The molecule has 1 atom stereocenters. The molecule has 1 aromatic heterocycles. The fourth-order valence-electron chi connectivity index (χ4n) is 4.50. The topological polar surface area (TPSA) is 73.1 Å². The minimum absolute atomic E-state index is 0. The van der Waals surface area contributed by atoms with Crippen LogP contribution in [0.5, 0.6) is 0 Å². The fourth-order valence-corrected chi connectivity index (χ4v) is 4.50. The summed E-state index contributed by atoms with van der Waals surface area (Å²) >= 11 is 0. The van der Waals surface area contributed by atoms with Gasteiger partial charge in [-0.05, 0) is 55.6 Å².